The third-order valence-electron chi connectivity index (χ3n) is 4.78. The first-order valence-corrected chi connectivity index (χ1v) is 9.72. The van der Waals surface area contributed by atoms with Crippen molar-refractivity contribution in [1.29, 1.82) is 0 Å². The molecule has 1 N–H and O–H groups in total. The first-order chi connectivity index (χ1) is 14.0. The molecule has 2 aromatic carbocycles. The van der Waals surface area contributed by atoms with E-state index in [1.807, 2.05) is 60.7 Å². The van der Waals surface area contributed by atoms with E-state index in [0.717, 1.165) is 11.1 Å². The molecule has 0 spiro atoms. The van der Waals surface area contributed by atoms with Gasteiger partial charge in [-0.25, -0.2) is 0 Å². The highest BCUT2D eigenvalue weighted by Gasteiger charge is 2.24. The maximum atomic E-state index is 12.7. The molecule has 0 saturated carbocycles. The van der Waals surface area contributed by atoms with Crippen LogP contribution < -0.4 is 15.5 Å². The van der Waals surface area contributed by atoms with Crippen LogP contribution in [-0.4, -0.2) is 24.4 Å². The maximum Gasteiger partial charge on any atom is 0.223 e. The first kappa shape index (κ1) is 22.1. The molecule has 0 fully saturated rings. The smallest absolute Gasteiger partial charge is 0.223 e. The minimum absolute atomic E-state index is 0.137. The Morgan fingerprint density at radius 1 is 0.793 bits per heavy atom. The second-order valence-electron chi connectivity index (χ2n) is 7.09. The van der Waals surface area contributed by atoms with Gasteiger partial charge in [0.1, 0.15) is 0 Å². The summed E-state index contributed by atoms with van der Waals surface area (Å²) in [5.41, 5.74) is 1.80. The molecule has 2 rings (SSSR count). The summed E-state index contributed by atoms with van der Waals surface area (Å²) in [5.74, 6) is -4.00. The number of hydrogen-bond donors (Lipinski definition) is 1. The molecule has 6 nitrogen and oxygen atoms in total. The third-order valence-corrected chi connectivity index (χ3v) is 4.78. The van der Waals surface area contributed by atoms with Crippen LogP contribution in [0.5, 0.6) is 0 Å². The molecular weight excluding hydrogens is 370 g/mol. The zero-order valence-corrected chi connectivity index (χ0v) is 16.2. The van der Waals surface area contributed by atoms with Crippen molar-refractivity contribution in [3.05, 3.63) is 71.8 Å². The lowest BCUT2D eigenvalue weighted by atomic mass is 9.85. The molecule has 0 saturated heterocycles. The van der Waals surface area contributed by atoms with Crippen molar-refractivity contribution >= 4 is 17.8 Å². The molecule has 0 aliphatic carbocycles. The maximum absolute atomic E-state index is 12.7. The normalized spacial score (nSPS) is 12.7. The minimum Gasteiger partial charge on any atom is -0.550 e. The van der Waals surface area contributed by atoms with Crippen molar-refractivity contribution in [2.75, 3.05) is 6.54 Å². The van der Waals surface area contributed by atoms with Gasteiger partial charge < -0.3 is 25.1 Å². The standard InChI is InChI=1S/C23H27NO5/c25-21(26)12-7-13-24-22(27)19(14-17-8-3-1-4-9-17)16-20(23(28)29)15-18-10-5-2-6-11-18/h1-6,8-11,19-20H,7,12-16H2,(H,24,27)(H,25,26)(H,28,29)/p-2/t19-,20-/m1/s1. The molecule has 1 amide bonds. The number of carboxylic acid groups (broad SMARTS) is 2. The van der Waals surface area contributed by atoms with Crippen LogP contribution in [0.1, 0.15) is 30.4 Å². The van der Waals surface area contributed by atoms with Crippen molar-refractivity contribution in [1.82, 2.24) is 5.32 Å². The summed E-state index contributed by atoms with van der Waals surface area (Å²) in [6.07, 6.45) is 0.940. The number of carboxylic acids is 2. The molecule has 0 aliphatic heterocycles. The Bertz CT molecular complexity index is 791. The molecular formula is C23H25NO5-2. The molecule has 0 heterocycles. The van der Waals surface area contributed by atoms with Crippen LogP contribution in [0.15, 0.2) is 60.7 Å². The van der Waals surface area contributed by atoms with E-state index in [0.29, 0.717) is 6.42 Å². The summed E-state index contributed by atoms with van der Waals surface area (Å²) in [6, 6.07) is 18.6. The van der Waals surface area contributed by atoms with Gasteiger partial charge in [-0.2, -0.15) is 0 Å². The minimum atomic E-state index is -1.18. The van der Waals surface area contributed by atoms with Crippen LogP contribution in [0.25, 0.3) is 0 Å². The second kappa shape index (κ2) is 11.6. The first-order valence-electron chi connectivity index (χ1n) is 9.72. The van der Waals surface area contributed by atoms with Crippen LogP contribution in [0.2, 0.25) is 0 Å². The average molecular weight is 395 g/mol. The quantitative estimate of drug-likeness (QED) is 0.526. The van der Waals surface area contributed by atoms with E-state index in [4.69, 9.17) is 0 Å². The monoisotopic (exact) mass is 395 g/mol. The summed E-state index contributed by atoms with van der Waals surface area (Å²) in [4.78, 5) is 35.0. The number of rotatable bonds is 12. The van der Waals surface area contributed by atoms with Gasteiger partial charge in [0.2, 0.25) is 5.91 Å². The summed E-state index contributed by atoms with van der Waals surface area (Å²) < 4.78 is 0. The lowest BCUT2D eigenvalue weighted by molar-refractivity contribution is -0.312. The fraction of sp³-hybridized carbons (Fsp3) is 0.348. The van der Waals surface area contributed by atoms with E-state index in [1.165, 1.54) is 0 Å². The lowest BCUT2D eigenvalue weighted by Crippen LogP contribution is -2.39. The van der Waals surface area contributed by atoms with Gasteiger partial charge in [0.05, 0.1) is 0 Å². The van der Waals surface area contributed by atoms with E-state index < -0.39 is 23.8 Å². The Labute approximate surface area is 170 Å². The van der Waals surface area contributed by atoms with Crippen LogP contribution in [-0.2, 0) is 27.2 Å². The fourth-order valence-electron chi connectivity index (χ4n) is 3.28. The number of carbonyl (C=O) groups excluding carboxylic acids is 3. The predicted octanol–water partition coefficient (Wildman–Crippen LogP) is 0.491. The van der Waals surface area contributed by atoms with Gasteiger partial charge in [0.25, 0.3) is 0 Å². The van der Waals surface area contributed by atoms with Crippen molar-refractivity contribution in [3.63, 3.8) is 0 Å². The molecule has 0 bridgehead atoms. The number of hydrogen-bond acceptors (Lipinski definition) is 5. The molecule has 0 radical (unpaired) electrons. The van der Waals surface area contributed by atoms with Gasteiger partial charge in [-0.3, -0.25) is 4.79 Å². The average Bonchev–Trinajstić information content (AvgIpc) is 2.71. The molecule has 154 valence electrons. The van der Waals surface area contributed by atoms with Crippen molar-refractivity contribution in [2.45, 2.75) is 32.1 Å². The molecule has 6 heteroatoms. The number of carbonyl (C=O) groups is 3. The summed E-state index contributed by atoms with van der Waals surface area (Å²) in [7, 11) is 0. The number of aliphatic carboxylic acids is 2. The van der Waals surface area contributed by atoms with Gasteiger partial charge in [-0.15, -0.1) is 0 Å². The zero-order chi connectivity index (χ0) is 21.1. The van der Waals surface area contributed by atoms with Gasteiger partial charge in [0, 0.05) is 30.3 Å². The summed E-state index contributed by atoms with van der Waals surface area (Å²) in [5, 5.41) is 25.0. The van der Waals surface area contributed by atoms with Crippen LogP contribution >= 0.6 is 0 Å². The van der Waals surface area contributed by atoms with Crippen LogP contribution in [0.3, 0.4) is 0 Å². The molecule has 2 atom stereocenters. The van der Waals surface area contributed by atoms with E-state index in [9.17, 15) is 24.6 Å². The molecule has 0 unspecified atom stereocenters. The van der Waals surface area contributed by atoms with Gasteiger partial charge in [0.15, 0.2) is 0 Å². The Morgan fingerprint density at radius 3 is 1.79 bits per heavy atom. The van der Waals surface area contributed by atoms with Gasteiger partial charge >= 0.3 is 0 Å². The molecule has 29 heavy (non-hydrogen) atoms. The van der Waals surface area contributed by atoms with Crippen molar-refractivity contribution < 1.29 is 24.6 Å². The zero-order valence-electron chi connectivity index (χ0n) is 16.2. The van der Waals surface area contributed by atoms with Crippen molar-refractivity contribution in [3.8, 4) is 0 Å². The SMILES string of the molecule is O=C([O-])CCCNC(=O)[C@H](Cc1ccccc1)C[C@@H](Cc1ccccc1)C(=O)[O-]. The second-order valence-corrected chi connectivity index (χ2v) is 7.09. The van der Waals surface area contributed by atoms with E-state index >= 15 is 0 Å². The van der Waals surface area contributed by atoms with Crippen LogP contribution in [0.4, 0.5) is 0 Å². The summed E-state index contributed by atoms with van der Waals surface area (Å²) in [6.45, 7) is 0.201. The summed E-state index contributed by atoms with van der Waals surface area (Å²) >= 11 is 0. The topological polar surface area (TPSA) is 109 Å². The van der Waals surface area contributed by atoms with Gasteiger partial charge in [-0.05, 0) is 43.2 Å². The predicted molar refractivity (Wildman–Crippen MR) is 104 cm³/mol. The van der Waals surface area contributed by atoms with Crippen LogP contribution in [0, 0.1) is 11.8 Å². The fourth-order valence-corrected chi connectivity index (χ4v) is 3.28. The van der Waals surface area contributed by atoms with E-state index in [1.54, 1.807) is 0 Å². The Morgan fingerprint density at radius 2 is 1.31 bits per heavy atom. The molecule has 0 aromatic heterocycles. The van der Waals surface area contributed by atoms with E-state index in [2.05, 4.69) is 5.32 Å². The number of nitrogens with one attached hydrogen (secondary N) is 1. The highest BCUT2D eigenvalue weighted by molar-refractivity contribution is 5.80. The molecule has 2 aromatic rings. The Hall–Kier alpha value is -3.15. The van der Waals surface area contributed by atoms with Gasteiger partial charge in [-0.1, -0.05) is 60.7 Å². The Kier molecular flexibility index (Phi) is 8.89. The van der Waals surface area contributed by atoms with E-state index in [-0.39, 0.29) is 38.1 Å². The number of benzene rings is 2. The lowest BCUT2D eigenvalue weighted by Gasteiger charge is -2.24. The third kappa shape index (κ3) is 8.17. The highest BCUT2D eigenvalue weighted by atomic mass is 16.4. The van der Waals surface area contributed by atoms with Crippen molar-refractivity contribution in [2.24, 2.45) is 11.8 Å². The number of amides is 1. The molecule has 0 aliphatic rings. The largest absolute Gasteiger partial charge is 0.550 e. The highest BCUT2D eigenvalue weighted by Crippen LogP contribution is 2.21. The Balaban J connectivity index is 2.08.